The minimum absolute atomic E-state index is 0.326. The number of rotatable bonds is 1. The lowest BCUT2D eigenvalue weighted by atomic mass is 9.47. The Morgan fingerprint density at radius 1 is 1.21 bits per heavy atom. The summed E-state index contributed by atoms with van der Waals surface area (Å²) in [6.07, 6.45) is 6.45. The number of nitrogens with zero attached hydrogens (tertiary/aromatic N) is 1. The van der Waals surface area contributed by atoms with Gasteiger partial charge in [0.1, 0.15) is 0 Å². The highest BCUT2D eigenvalue weighted by Crippen LogP contribution is 2.61. The van der Waals surface area contributed by atoms with Crippen LogP contribution in [0.25, 0.3) is 0 Å². The van der Waals surface area contributed by atoms with Crippen LogP contribution in [-0.2, 0) is 0 Å². The van der Waals surface area contributed by atoms with Crippen LogP contribution < -0.4 is 0 Å². The fraction of sp³-hybridized carbons (Fsp3) is 0.923. The first-order valence-corrected chi connectivity index (χ1v) is 5.92. The molecule has 3 saturated carbocycles. The summed E-state index contributed by atoms with van der Waals surface area (Å²) in [7, 11) is 0. The molecule has 3 aliphatic rings. The maximum atomic E-state index is 9.22. The highest BCUT2D eigenvalue weighted by atomic mass is 14.6. The van der Waals surface area contributed by atoms with E-state index < -0.39 is 0 Å². The van der Waals surface area contributed by atoms with E-state index in [0.717, 1.165) is 12.3 Å². The van der Waals surface area contributed by atoms with Gasteiger partial charge in [0.15, 0.2) is 0 Å². The van der Waals surface area contributed by atoms with E-state index in [0.29, 0.717) is 16.7 Å². The Morgan fingerprint density at radius 2 is 1.79 bits per heavy atom. The van der Waals surface area contributed by atoms with Crippen LogP contribution in [0.4, 0.5) is 0 Å². The molecule has 0 N–H and O–H groups in total. The summed E-state index contributed by atoms with van der Waals surface area (Å²) in [6, 6.07) is 2.56. The molecule has 1 nitrogen and oxygen atoms in total. The van der Waals surface area contributed by atoms with Crippen LogP contribution in [0.5, 0.6) is 0 Å². The summed E-state index contributed by atoms with van der Waals surface area (Å²) >= 11 is 0. The van der Waals surface area contributed by atoms with E-state index in [9.17, 15) is 5.26 Å². The molecule has 3 rings (SSSR count). The topological polar surface area (TPSA) is 23.8 Å². The Morgan fingerprint density at radius 3 is 2.21 bits per heavy atom. The van der Waals surface area contributed by atoms with Crippen LogP contribution in [0.1, 0.15) is 52.9 Å². The maximum Gasteiger partial charge on any atom is 0.0661 e. The van der Waals surface area contributed by atoms with Gasteiger partial charge in [-0.15, -0.1) is 0 Å². The molecule has 1 atom stereocenters. The Bertz CT molecular complexity index is 263. The fourth-order valence-electron chi connectivity index (χ4n) is 3.54. The van der Waals surface area contributed by atoms with Crippen molar-refractivity contribution in [3.63, 3.8) is 0 Å². The summed E-state index contributed by atoms with van der Waals surface area (Å²) in [6.45, 7) is 7.00. The molecule has 0 saturated heterocycles. The summed E-state index contributed by atoms with van der Waals surface area (Å²) in [5.74, 6) is 1.08. The quantitative estimate of drug-likeness (QED) is 0.619. The normalized spacial score (nSPS) is 46.6. The van der Waals surface area contributed by atoms with Gasteiger partial charge in [-0.1, -0.05) is 20.8 Å². The molecule has 0 aliphatic heterocycles. The van der Waals surface area contributed by atoms with Gasteiger partial charge >= 0.3 is 0 Å². The summed E-state index contributed by atoms with van der Waals surface area (Å²) in [5.41, 5.74) is 0.865. The van der Waals surface area contributed by atoms with E-state index in [-0.39, 0.29) is 0 Å². The average molecular weight is 191 g/mol. The van der Waals surface area contributed by atoms with Crippen molar-refractivity contribution in [3.8, 4) is 6.07 Å². The zero-order valence-electron chi connectivity index (χ0n) is 9.64. The molecule has 14 heavy (non-hydrogen) atoms. The lowest BCUT2D eigenvalue weighted by Gasteiger charge is -2.56. The molecule has 0 aromatic carbocycles. The zero-order chi connectivity index (χ0) is 10.4. The van der Waals surface area contributed by atoms with E-state index >= 15 is 0 Å². The summed E-state index contributed by atoms with van der Waals surface area (Å²) in [4.78, 5) is 0. The summed E-state index contributed by atoms with van der Waals surface area (Å²) in [5, 5.41) is 9.22. The second-order valence-corrected chi connectivity index (χ2v) is 6.06. The van der Waals surface area contributed by atoms with E-state index in [1.807, 2.05) is 0 Å². The highest BCUT2D eigenvalue weighted by Gasteiger charge is 2.53. The number of fused-ring (bicyclic) bond motifs is 3. The van der Waals surface area contributed by atoms with Crippen molar-refractivity contribution in [2.24, 2.45) is 22.7 Å². The van der Waals surface area contributed by atoms with Gasteiger partial charge in [-0.3, -0.25) is 0 Å². The molecule has 0 aromatic rings. The molecule has 3 fully saturated rings. The van der Waals surface area contributed by atoms with Crippen LogP contribution in [0.3, 0.4) is 0 Å². The van der Waals surface area contributed by atoms with Gasteiger partial charge < -0.3 is 0 Å². The molecule has 78 valence electrons. The molecular weight excluding hydrogens is 170 g/mol. The zero-order valence-corrected chi connectivity index (χ0v) is 9.64. The molecule has 0 spiro atoms. The molecule has 0 amide bonds. The smallest absolute Gasteiger partial charge is 0.0661 e. The van der Waals surface area contributed by atoms with Crippen molar-refractivity contribution in [1.82, 2.24) is 0 Å². The van der Waals surface area contributed by atoms with Crippen molar-refractivity contribution in [2.75, 3.05) is 0 Å². The third-order valence-corrected chi connectivity index (χ3v) is 5.22. The second kappa shape index (κ2) is 2.99. The van der Waals surface area contributed by atoms with Crippen molar-refractivity contribution < 1.29 is 0 Å². The van der Waals surface area contributed by atoms with Gasteiger partial charge in [0.25, 0.3) is 0 Å². The molecule has 0 radical (unpaired) electrons. The molecule has 3 aliphatic carbocycles. The van der Waals surface area contributed by atoms with Crippen LogP contribution in [0, 0.1) is 34.0 Å². The first kappa shape index (κ1) is 10.0. The standard InChI is InChI=1S/C13H21N/c1-10(2)13-6-4-12(3,5-7-13)11(8-13)9-14/h10-11H,4-8H2,1-3H3. The van der Waals surface area contributed by atoms with Gasteiger partial charge in [0.05, 0.1) is 12.0 Å². The Balaban J connectivity index is 2.26. The molecule has 0 heterocycles. The van der Waals surface area contributed by atoms with Gasteiger partial charge in [-0.25, -0.2) is 0 Å². The van der Waals surface area contributed by atoms with Crippen LogP contribution >= 0.6 is 0 Å². The molecule has 2 bridgehead atoms. The minimum atomic E-state index is 0.326. The molecule has 1 heteroatoms. The van der Waals surface area contributed by atoms with Gasteiger partial charge in [0, 0.05) is 0 Å². The fourth-order valence-corrected chi connectivity index (χ4v) is 3.54. The summed E-state index contributed by atoms with van der Waals surface area (Å²) < 4.78 is 0. The van der Waals surface area contributed by atoms with Crippen LogP contribution in [0.2, 0.25) is 0 Å². The van der Waals surface area contributed by atoms with E-state index in [4.69, 9.17) is 0 Å². The average Bonchev–Trinajstić information content (AvgIpc) is 2.18. The maximum absolute atomic E-state index is 9.22. The van der Waals surface area contributed by atoms with Crippen LogP contribution in [-0.4, -0.2) is 0 Å². The van der Waals surface area contributed by atoms with Crippen molar-refractivity contribution in [2.45, 2.75) is 52.9 Å². The SMILES string of the molecule is CC(C)C12CCC(C)(CC1)C(C#N)C2. The first-order valence-electron chi connectivity index (χ1n) is 5.92. The van der Waals surface area contributed by atoms with Gasteiger partial charge in [-0.2, -0.15) is 5.26 Å². The molecular formula is C13H21N. The van der Waals surface area contributed by atoms with Crippen LogP contribution in [0.15, 0.2) is 0 Å². The Labute approximate surface area is 87.5 Å². The number of nitriles is 1. The lowest BCUT2D eigenvalue weighted by Crippen LogP contribution is -2.48. The van der Waals surface area contributed by atoms with Crippen molar-refractivity contribution in [3.05, 3.63) is 0 Å². The van der Waals surface area contributed by atoms with Crippen molar-refractivity contribution >= 4 is 0 Å². The number of hydrogen-bond donors (Lipinski definition) is 0. The first-order chi connectivity index (χ1) is 6.52. The Kier molecular flexibility index (Phi) is 2.14. The predicted octanol–water partition coefficient (Wildman–Crippen LogP) is 3.75. The van der Waals surface area contributed by atoms with E-state index in [1.165, 1.54) is 25.7 Å². The Hall–Kier alpha value is -0.510. The van der Waals surface area contributed by atoms with Gasteiger partial charge in [0.2, 0.25) is 0 Å². The minimum Gasteiger partial charge on any atom is -0.198 e. The van der Waals surface area contributed by atoms with E-state index in [2.05, 4.69) is 26.8 Å². The number of hydrogen-bond acceptors (Lipinski definition) is 1. The van der Waals surface area contributed by atoms with Crippen molar-refractivity contribution in [1.29, 1.82) is 5.26 Å². The van der Waals surface area contributed by atoms with Gasteiger partial charge in [-0.05, 0) is 48.9 Å². The third kappa shape index (κ3) is 1.20. The molecule has 1 unspecified atom stereocenters. The molecule has 0 aromatic heterocycles. The highest BCUT2D eigenvalue weighted by molar-refractivity contribution is 5.09. The predicted molar refractivity (Wildman–Crippen MR) is 57.6 cm³/mol. The largest absolute Gasteiger partial charge is 0.198 e. The van der Waals surface area contributed by atoms with E-state index in [1.54, 1.807) is 0 Å². The monoisotopic (exact) mass is 191 g/mol. The second-order valence-electron chi connectivity index (χ2n) is 6.06. The third-order valence-electron chi connectivity index (χ3n) is 5.22. The lowest BCUT2D eigenvalue weighted by molar-refractivity contribution is -0.0577.